The smallest absolute Gasteiger partial charge is 0.0236 e. The standard InChI is InChI=1S/C13H21N3/c14-6-3-7-15-10-13-8-11-4-1-2-5-12(11)9-16-13/h1-2,4-5,13,15-16H,3,6-10,14H2. The fourth-order valence-electron chi connectivity index (χ4n) is 2.17. The van der Waals surface area contributed by atoms with Crippen LogP contribution in [0.3, 0.4) is 0 Å². The summed E-state index contributed by atoms with van der Waals surface area (Å²) in [6.45, 7) is 3.83. The van der Waals surface area contributed by atoms with Crippen molar-refractivity contribution in [3.8, 4) is 0 Å². The molecule has 1 aliphatic rings. The SMILES string of the molecule is NCCCNCC1Cc2ccccc2CN1. The van der Waals surface area contributed by atoms with Gasteiger partial charge in [-0.1, -0.05) is 24.3 Å². The van der Waals surface area contributed by atoms with E-state index in [0.717, 1.165) is 39.0 Å². The number of benzene rings is 1. The Hall–Kier alpha value is -0.900. The summed E-state index contributed by atoms with van der Waals surface area (Å²) in [6, 6.07) is 9.25. The van der Waals surface area contributed by atoms with Crippen LogP contribution in [0.15, 0.2) is 24.3 Å². The summed E-state index contributed by atoms with van der Waals surface area (Å²) in [7, 11) is 0. The van der Waals surface area contributed by atoms with Gasteiger partial charge in [-0.15, -0.1) is 0 Å². The van der Waals surface area contributed by atoms with Gasteiger partial charge in [0.1, 0.15) is 0 Å². The van der Waals surface area contributed by atoms with Crippen molar-refractivity contribution >= 4 is 0 Å². The van der Waals surface area contributed by atoms with Gasteiger partial charge in [-0.2, -0.15) is 0 Å². The quantitative estimate of drug-likeness (QED) is 0.637. The van der Waals surface area contributed by atoms with E-state index in [1.165, 1.54) is 11.1 Å². The highest BCUT2D eigenvalue weighted by Gasteiger charge is 2.16. The number of hydrogen-bond acceptors (Lipinski definition) is 3. The van der Waals surface area contributed by atoms with E-state index < -0.39 is 0 Å². The Bertz CT molecular complexity index is 325. The highest BCUT2D eigenvalue weighted by Crippen LogP contribution is 2.15. The lowest BCUT2D eigenvalue weighted by molar-refractivity contribution is 0.447. The van der Waals surface area contributed by atoms with Gasteiger partial charge in [0.05, 0.1) is 0 Å². The normalized spacial score (nSPS) is 19.4. The molecule has 4 N–H and O–H groups in total. The number of fused-ring (bicyclic) bond motifs is 1. The first-order valence-corrected chi connectivity index (χ1v) is 6.11. The Balaban J connectivity index is 1.79. The van der Waals surface area contributed by atoms with E-state index in [0.29, 0.717) is 6.04 Å². The topological polar surface area (TPSA) is 50.1 Å². The predicted octanol–water partition coefficient (Wildman–Crippen LogP) is 0.639. The number of hydrogen-bond donors (Lipinski definition) is 3. The molecular weight excluding hydrogens is 198 g/mol. The lowest BCUT2D eigenvalue weighted by Gasteiger charge is -2.26. The molecule has 0 amide bonds. The van der Waals surface area contributed by atoms with Crippen LogP contribution in [0.25, 0.3) is 0 Å². The van der Waals surface area contributed by atoms with Crippen molar-refractivity contribution < 1.29 is 0 Å². The van der Waals surface area contributed by atoms with Crippen molar-refractivity contribution in [1.29, 1.82) is 0 Å². The molecule has 0 fully saturated rings. The second kappa shape index (κ2) is 5.99. The van der Waals surface area contributed by atoms with E-state index in [9.17, 15) is 0 Å². The monoisotopic (exact) mass is 219 g/mol. The third-order valence-corrected chi connectivity index (χ3v) is 3.11. The van der Waals surface area contributed by atoms with Gasteiger partial charge in [-0.05, 0) is 37.1 Å². The Morgan fingerprint density at radius 2 is 2.12 bits per heavy atom. The molecule has 3 nitrogen and oxygen atoms in total. The summed E-state index contributed by atoms with van der Waals surface area (Å²) in [4.78, 5) is 0. The summed E-state index contributed by atoms with van der Waals surface area (Å²) in [5.41, 5.74) is 8.39. The van der Waals surface area contributed by atoms with Crippen LogP contribution in [0.5, 0.6) is 0 Å². The van der Waals surface area contributed by atoms with Crippen molar-refractivity contribution in [2.24, 2.45) is 5.73 Å². The Labute approximate surface area is 97.4 Å². The van der Waals surface area contributed by atoms with Crippen LogP contribution in [-0.2, 0) is 13.0 Å². The van der Waals surface area contributed by atoms with Gasteiger partial charge in [0.2, 0.25) is 0 Å². The van der Waals surface area contributed by atoms with Gasteiger partial charge >= 0.3 is 0 Å². The van der Waals surface area contributed by atoms with Gasteiger partial charge in [0, 0.05) is 19.1 Å². The second-order valence-corrected chi connectivity index (χ2v) is 4.40. The maximum absolute atomic E-state index is 5.46. The summed E-state index contributed by atoms with van der Waals surface area (Å²) in [6.07, 6.45) is 2.19. The van der Waals surface area contributed by atoms with Gasteiger partial charge in [-0.3, -0.25) is 0 Å². The molecule has 1 heterocycles. The fourth-order valence-corrected chi connectivity index (χ4v) is 2.17. The molecule has 0 bridgehead atoms. The summed E-state index contributed by atoms with van der Waals surface area (Å²) in [5, 5.41) is 7.00. The fraction of sp³-hybridized carbons (Fsp3) is 0.538. The highest BCUT2D eigenvalue weighted by atomic mass is 15.0. The first-order chi connectivity index (χ1) is 7.90. The summed E-state index contributed by atoms with van der Waals surface area (Å²) < 4.78 is 0. The zero-order valence-corrected chi connectivity index (χ0v) is 9.71. The van der Waals surface area contributed by atoms with Crippen LogP contribution >= 0.6 is 0 Å². The molecule has 1 aromatic carbocycles. The largest absolute Gasteiger partial charge is 0.330 e. The number of rotatable bonds is 5. The zero-order valence-electron chi connectivity index (χ0n) is 9.71. The van der Waals surface area contributed by atoms with Crippen molar-refractivity contribution in [3.05, 3.63) is 35.4 Å². The molecule has 3 heteroatoms. The van der Waals surface area contributed by atoms with E-state index in [2.05, 4.69) is 34.9 Å². The molecule has 1 atom stereocenters. The van der Waals surface area contributed by atoms with Gasteiger partial charge in [-0.25, -0.2) is 0 Å². The zero-order chi connectivity index (χ0) is 11.2. The van der Waals surface area contributed by atoms with Crippen LogP contribution in [0.4, 0.5) is 0 Å². The lowest BCUT2D eigenvalue weighted by Crippen LogP contribution is -2.43. The number of nitrogens with two attached hydrogens (primary N) is 1. The Kier molecular flexibility index (Phi) is 4.34. The third kappa shape index (κ3) is 3.04. The van der Waals surface area contributed by atoms with Crippen molar-refractivity contribution in [3.63, 3.8) is 0 Å². The van der Waals surface area contributed by atoms with E-state index in [1.807, 2.05) is 0 Å². The van der Waals surface area contributed by atoms with Crippen molar-refractivity contribution in [1.82, 2.24) is 10.6 Å². The van der Waals surface area contributed by atoms with Crippen molar-refractivity contribution in [2.45, 2.75) is 25.4 Å². The minimum Gasteiger partial charge on any atom is -0.330 e. The number of nitrogens with one attached hydrogen (secondary N) is 2. The van der Waals surface area contributed by atoms with Gasteiger partial charge < -0.3 is 16.4 Å². The highest BCUT2D eigenvalue weighted by molar-refractivity contribution is 5.29. The molecule has 0 aromatic heterocycles. The maximum atomic E-state index is 5.46. The molecule has 2 rings (SSSR count). The maximum Gasteiger partial charge on any atom is 0.0236 e. The molecule has 88 valence electrons. The molecule has 0 spiro atoms. The van der Waals surface area contributed by atoms with Crippen LogP contribution in [0.2, 0.25) is 0 Å². The predicted molar refractivity (Wildman–Crippen MR) is 67.3 cm³/mol. The lowest BCUT2D eigenvalue weighted by atomic mass is 9.96. The van der Waals surface area contributed by atoms with Gasteiger partial charge in [0.25, 0.3) is 0 Å². The first kappa shape index (κ1) is 11.6. The molecule has 16 heavy (non-hydrogen) atoms. The molecule has 1 unspecified atom stereocenters. The van der Waals surface area contributed by atoms with Crippen LogP contribution in [0.1, 0.15) is 17.5 Å². The van der Waals surface area contributed by atoms with Crippen LogP contribution < -0.4 is 16.4 Å². The minimum absolute atomic E-state index is 0.563. The Morgan fingerprint density at radius 1 is 1.31 bits per heavy atom. The molecule has 1 aromatic rings. The van der Waals surface area contributed by atoms with Crippen LogP contribution in [0, 0.1) is 0 Å². The average Bonchev–Trinajstić information content (AvgIpc) is 2.34. The molecule has 0 radical (unpaired) electrons. The van der Waals surface area contributed by atoms with E-state index in [1.54, 1.807) is 0 Å². The first-order valence-electron chi connectivity index (χ1n) is 6.11. The molecular formula is C13H21N3. The third-order valence-electron chi connectivity index (χ3n) is 3.11. The molecule has 0 saturated carbocycles. The molecule has 0 saturated heterocycles. The summed E-state index contributed by atoms with van der Waals surface area (Å²) in [5.74, 6) is 0. The second-order valence-electron chi connectivity index (χ2n) is 4.40. The van der Waals surface area contributed by atoms with E-state index in [4.69, 9.17) is 5.73 Å². The summed E-state index contributed by atoms with van der Waals surface area (Å²) >= 11 is 0. The molecule has 0 aliphatic carbocycles. The minimum atomic E-state index is 0.563. The average molecular weight is 219 g/mol. The molecule has 1 aliphatic heterocycles. The van der Waals surface area contributed by atoms with Crippen LogP contribution in [-0.4, -0.2) is 25.7 Å². The Morgan fingerprint density at radius 3 is 2.94 bits per heavy atom. The van der Waals surface area contributed by atoms with E-state index >= 15 is 0 Å². The van der Waals surface area contributed by atoms with Gasteiger partial charge in [0.15, 0.2) is 0 Å². The van der Waals surface area contributed by atoms with E-state index in [-0.39, 0.29) is 0 Å². The van der Waals surface area contributed by atoms with Crippen molar-refractivity contribution in [2.75, 3.05) is 19.6 Å².